The summed E-state index contributed by atoms with van der Waals surface area (Å²) in [4.78, 5) is 41.5. The highest BCUT2D eigenvalue weighted by Crippen LogP contribution is 2.33. The fourth-order valence-corrected chi connectivity index (χ4v) is 3.97. The highest BCUT2D eigenvalue weighted by molar-refractivity contribution is 5.84. The van der Waals surface area contributed by atoms with Gasteiger partial charge in [-0.05, 0) is 35.7 Å². The van der Waals surface area contributed by atoms with Crippen molar-refractivity contribution in [2.24, 2.45) is 5.92 Å². The molecular weight excluding hydrogens is 398 g/mol. The summed E-state index contributed by atoms with van der Waals surface area (Å²) in [6.45, 7) is 5.63. The Labute approximate surface area is 182 Å². The summed E-state index contributed by atoms with van der Waals surface area (Å²) < 4.78 is 2.09. The van der Waals surface area contributed by atoms with Gasteiger partial charge in [0, 0.05) is 57.8 Å². The summed E-state index contributed by atoms with van der Waals surface area (Å²) in [7, 11) is 3.35. The third-order valence-electron chi connectivity index (χ3n) is 5.34. The third-order valence-corrected chi connectivity index (χ3v) is 5.34. The SMILES string of the molecule is CC(C)CN(CC(=O)N1CCn2cccc2[C@H]1c1ccc([N+](=O)[O-])cc1)C(=O)N(C)C. The Balaban J connectivity index is 1.91. The molecule has 1 aliphatic heterocycles. The average molecular weight is 428 g/mol. The van der Waals surface area contributed by atoms with E-state index in [1.807, 2.05) is 32.2 Å². The molecule has 1 atom stereocenters. The summed E-state index contributed by atoms with van der Waals surface area (Å²) in [5.74, 6) is 0.0763. The molecule has 0 saturated carbocycles. The average Bonchev–Trinajstić information content (AvgIpc) is 3.20. The maximum Gasteiger partial charge on any atom is 0.319 e. The predicted molar refractivity (Wildman–Crippen MR) is 117 cm³/mol. The Morgan fingerprint density at radius 2 is 1.84 bits per heavy atom. The lowest BCUT2D eigenvalue weighted by Gasteiger charge is -2.39. The molecule has 0 bridgehead atoms. The second kappa shape index (κ2) is 9.20. The number of aromatic nitrogens is 1. The van der Waals surface area contributed by atoms with Gasteiger partial charge in [0.2, 0.25) is 5.91 Å². The molecule has 1 aromatic heterocycles. The Morgan fingerprint density at radius 1 is 1.16 bits per heavy atom. The van der Waals surface area contributed by atoms with Gasteiger partial charge in [-0.2, -0.15) is 0 Å². The lowest BCUT2D eigenvalue weighted by atomic mass is 9.99. The molecule has 0 aliphatic carbocycles. The summed E-state index contributed by atoms with van der Waals surface area (Å²) in [5.41, 5.74) is 1.75. The van der Waals surface area contributed by atoms with Crippen LogP contribution in [-0.4, -0.2) is 69.9 Å². The van der Waals surface area contributed by atoms with Gasteiger partial charge in [0.1, 0.15) is 6.54 Å². The van der Waals surface area contributed by atoms with Gasteiger partial charge in [-0.15, -0.1) is 0 Å². The molecule has 0 unspecified atom stereocenters. The number of nitro groups is 1. The second-order valence-electron chi connectivity index (χ2n) is 8.42. The normalized spacial score (nSPS) is 15.5. The zero-order valence-electron chi connectivity index (χ0n) is 18.4. The van der Waals surface area contributed by atoms with Gasteiger partial charge in [0.15, 0.2) is 0 Å². The summed E-state index contributed by atoms with van der Waals surface area (Å²) in [6.07, 6.45) is 1.97. The van der Waals surface area contributed by atoms with E-state index in [-0.39, 0.29) is 36.1 Å². The minimum absolute atomic E-state index is 0.00695. The quantitative estimate of drug-likeness (QED) is 0.523. The van der Waals surface area contributed by atoms with Crippen molar-refractivity contribution in [3.63, 3.8) is 0 Å². The van der Waals surface area contributed by atoms with Crippen LogP contribution in [0.1, 0.15) is 31.1 Å². The molecule has 0 saturated heterocycles. The molecule has 0 spiro atoms. The van der Waals surface area contributed by atoms with Crippen LogP contribution in [0, 0.1) is 16.0 Å². The van der Waals surface area contributed by atoms with Crippen LogP contribution in [0.15, 0.2) is 42.6 Å². The van der Waals surface area contributed by atoms with E-state index in [2.05, 4.69) is 4.57 Å². The Bertz CT molecular complexity index is 951. The van der Waals surface area contributed by atoms with Crippen molar-refractivity contribution in [1.82, 2.24) is 19.3 Å². The molecule has 31 heavy (non-hydrogen) atoms. The molecule has 3 amide bonds. The Kier molecular flexibility index (Phi) is 6.62. The fourth-order valence-electron chi connectivity index (χ4n) is 3.97. The first kappa shape index (κ1) is 22.3. The number of carbonyl (C=O) groups excluding carboxylic acids is 2. The molecule has 2 aromatic rings. The van der Waals surface area contributed by atoms with Crippen LogP contribution >= 0.6 is 0 Å². The Hall–Kier alpha value is -3.36. The molecule has 1 aromatic carbocycles. The fraction of sp³-hybridized carbons (Fsp3) is 0.455. The molecule has 9 heteroatoms. The highest BCUT2D eigenvalue weighted by atomic mass is 16.6. The maximum atomic E-state index is 13.4. The second-order valence-corrected chi connectivity index (χ2v) is 8.42. The van der Waals surface area contributed by atoms with E-state index < -0.39 is 4.92 Å². The van der Waals surface area contributed by atoms with Crippen molar-refractivity contribution in [3.8, 4) is 0 Å². The number of carbonyl (C=O) groups is 2. The lowest BCUT2D eigenvalue weighted by Crippen LogP contribution is -2.50. The van der Waals surface area contributed by atoms with E-state index in [0.29, 0.717) is 19.6 Å². The molecule has 0 fully saturated rings. The third kappa shape index (κ3) is 4.87. The molecule has 0 N–H and O–H groups in total. The van der Waals surface area contributed by atoms with E-state index in [1.54, 1.807) is 36.0 Å². The number of nitro benzene ring substituents is 1. The van der Waals surface area contributed by atoms with E-state index in [0.717, 1.165) is 11.3 Å². The highest BCUT2D eigenvalue weighted by Gasteiger charge is 2.34. The van der Waals surface area contributed by atoms with E-state index >= 15 is 0 Å². The molecular formula is C22H29N5O4. The zero-order valence-corrected chi connectivity index (χ0v) is 18.4. The number of rotatable bonds is 6. The maximum absolute atomic E-state index is 13.4. The van der Waals surface area contributed by atoms with Gasteiger partial charge in [-0.1, -0.05) is 13.8 Å². The van der Waals surface area contributed by atoms with Gasteiger partial charge in [-0.3, -0.25) is 14.9 Å². The number of nitrogens with zero attached hydrogens (tertiary/aromatic N) is 5. The number of amides is 3. The summed E-state index contributed by atoms with van der Waals surface area (Å²) >= 11 is 0. The van der Waals surface area contributed by atoms with Crippen molar-refractivity contribution >= 4 is 17.6 Å². The minimum atomic E-state index is -0.438. The van der Waals surface area contributed by atoms with Gasteiger partial charge >= 0.3 is 6.03 Å². The van der Waals surface area contributed by atoms with Crippen molar-refractivity contribution < 1.29 is 14.5 Å². The molecule has 1 aliphatic rings. The smallest absolute Gasteiger partial charge is 0.319 e. The molecule has 2 heterocycles. The van der Waals surface area contributed by atoms with Crippen LogP contribution in [0.25, 0.3) is 0 Å². The van der Waals surface area contributed by atoms with Crippen molar-refractivity contribution in [3.05, 3.63) is 64.0 Å². The summed E-state index contributed by atoms with van der Waals surface area (Å²) in [6, 6.07) is 9.64. The van der Waals surface area contributed by atoms with Crippen molar-refractivity contribution in [2.45, 2.75) is 26.4 Å². The monoisotopic (exact) mass is 427 g/mol. The van der Waals surface area contributed by atoms with E-state index in [1.165, 1.54) is 17.0 Å². The Morgan fingerprint density at radius 3 is 2.42 bits per heavy atom. The number of fused-ring (bicyclic) bond motifs is 1. The standard InChI is InChI=1S/C22H29N5O4/c1-16(2)14-25(22(29)23(3)4)15-20(28)26-13-12-24-11-5-6-19(24)21(26)17-7-9-18(10-8-17)27(30)31/h5-11,16,21H,12-15H2,1-4H3/t21-/m1/s1. The van der Waals surface area contributed by atoms with Gasteiger partial charge in [0.05, 0.1) is 11.0 Å². The molecule has 3 rings (SSSR count). The number of benzene rings is 1. The lowest BCUT2D eigenvalue weighted by molar-refractivity contribution is -0.384. The van der Waals surface area contributed by atoms with Crippen LogP contribution in [0.4, 0.5) is 10.5 Å². The van der Waals surface area contributed by atoms with Crippen LogP contribution in [0.2, 0.25) is 0 Å². The number of hydrogen-bond acceptors (Lipinski definition) is 4. The first-order valence-corrected chi connectivity index (χ1v) is 10.3. The van der Waals surface area contributed by atoms with Gasteiger partial charge < -0.3 is 19.3 Å². The van der Waals surface area contributed by atoms with E-state index in [9.17, 15) is 19.7 Å². The molecule has 0 radical (unpaired) electrons. The number of non-ortho nitro benzene ring substituents is 1. The number of urea groups is 1. The largest absolute Gasteiger partial charge is 0.348 e. The summed E-state index contributed by atoms with van der Waals surface area (Å²) in [5, 5.41) is 11.0. The van der Waals surface area contributed by atoms with Gasteiger partial charge in [0.25, 0.3) is 5.69 Å². The first-order chi connectivity index (χ1) is 14.7. The van der Waals surface area contributed by atoms with Crippen molar-refractivity contribution in [1.29, 1.82) is 0 Å². The molecule has 9 nitrogen and oxygen atoms in total. The van der Waals surface area contributed by atoms with Crippen LogP contribution in [-0.2, 0) is 11.3 Å². The first-order valence-electron chi connectivity index (χ1n) is 10.3. The predicted octanol–water partition coefficient (Wildman–Crippen LogP) is 2.97. The molecule has 166 valence electrons. The van der Waals surface area contributed by atoms with Crippen LogP contribution < -0.4 is 0 Å². The van der Waals surface area contributed by atoms with Gasteiger partial charge in [-0.25, -0.2) is 4.79 Å². The topological polar surface area (TPSA) is 91.9 Å². The van der Waals surface area contributed by atoms with Crippen LogP contribution in [0.5, 0.6) is 0 Å². The van der Waals surface area contributed by atoms with Crippen molar-refractivity contribution in [2.75, 3.05) is 33.7 Å². The minimum Gasteiger partial charge on any atom is -0.348 e. The van der Waals surface area contributed by atoms with E-state index in [4.69, 9.17) is 0 Å². The zero-order chi connectivity index (χ0) is 22.7. The number of hydrogen-bond donors (Lipinski definition) is 0. The van der Waals surface area contributed by atoms with Crippen LogP contribution in [0.3, 0.4) is 0 Å².